The number of hydrogen-bond donors (Lipinski definition) is 2. The fraction of sp³-hybridized carbons (Fsp3) is 0. The molecule has 1 aliphatic rings. The molecule has 1 amide bonds. The van der Waals surface area contributed by atoms with Crippen molar-refractivity contribution in [1.82, 2.24) is 5.43 Å². The molecule has 0 aliphatic heterocycles. The van der Waals surface area contributed by atoms with Crippen LogP contribution in [0.15, 0.2) is 65.8 Å². The number of ketones is 1. The summed E-state index contributed by atoms with van der Waals surface area (Å²) in [5, 5.41) is 5.94. The van der Waals surface area contributed by atoms with Crippen LogP contribution in [-0.2, 0) is 0 Å². The number of hydrogen-bond acceptors (Lipinski definition) is 4. The van der Waals surface area contributed by atoms with Gasteiger partial charge in [0.05, 0.1) is 0 Å². The van der Waals surface area contributed by atoms with Gasteiger partial charge in [0.25, 0.3) is 5.91 Å². The van der Waals surface area contributed by atoms with Gasteiger partial charge in [-0.3, -0.25) is 9.59 Å². The van der Waals surface area contributed by atoms with E-state index < -0.39 is 5.91 Å². The fourth-order valence-corrected chi connectivity index (χ4v) is 2.89. The van der Waals surface area contributed by atoms with Gasteiger partial charge in [0.1, 0.15) is 5.71 Å². The molecule has 24 heavy (non-hydrogen) atoms. The molecule has 0 aromatic heterocycles. The summed E-state index contributed by atoms with van der Waals surface area (Å²) in [4.78, 5) is 24.7. The van der Waals surface area contributed by atoms with Gasteiger partial charge in [0.15, 0.2) is 0 Å². The van der Waals surface area contributed by atoms with Crippen molar-refractivity contribution >= 4 is 33.9 Å². The zero-order valence-corrected chi connectivity index (χ0v) is 12.6. The van der Waals surface area contributed by atoms with E-state index in [9.17, 15) is 9.59 Å². The molecule has 4 rings (SSSR count). The minimum absolute atomic E-state index is 0.181. The van der Waals surface area contributed by atoms with Crippen molar-refractivity contribution in [3.63, 3.8) is 0 Å². The van der Waals surface area contributed by atoms with Crippen LogP contribution in [0.25, 0.3) is 10.8 Å². The van der Waals surface area contributed by atoms with Crippen molar-refractivity contribution < 1.29 is 9.59 Å². The van der Waals surface area contributed by atoms with Crippen molar-refractivity contribution in [2.75, 3.05) is 5.73 Å². The number of anilines is 1. The number of rotatable bonds is 2. The molecule has 3 aromatic carbocycles. The molecule has 5 nitrogen and oxygen atoms in total. The molecular formula is C19H13N3O2. The first-order valence-corrected chi connectivity index (χ1v) is 7.45. The standard InChI is InChI=1S/C19H13N3O2/c20-13-9-7-12(8-10-13)19(24)22-21-17-14-5-1-3-11-4-2-6-15(16(11)14)18(17)23/h1-10H,20H2,(H,22,24). The molecule has 3 aromatic rings. The smallest absolute Gasteiger partial charge is 0.271 e. The summed E-state index contributed by atoms with van der Waals surface area (Å²) in [5.41, 5.74) is 10.7. The maximum atomic E-state index is 12.6. The first kappa shape index (κ1) is 14.1. The SMILES string of the molecule is Nc1ccc(C(=O)NN=C2C(=O)c3cccc4cccc2c34)cc1. The van der Waals surface area contributed by atoms with Crippen LogP contribution < -0.4 is 11.2 Å². The molecule has 0 spiro atoms. The van der Waals surface area contributed by atoms with Gasteiger partial charge in [-0.2, -0.15) is 5.10 Å². The summed E-state index contributed by atoms with van der Waals surface area (Å²) in [6, 6.07) is 17.7. The Labute approximate surface area is 137 Å². The molecule has 3 N–H and O–H groups in total. The van der Waals surface area contributed by atoms with Crippen LogP contribution in [0.5, 0.6) is 0 Å². The van der Waals surface area contributed by atoms with E-state index in [1.54, 1.807) is 30.3 Å². The second-order valence-electron chi connectivity index (χ2n) is 5.56. The lowest BCUT2D eigenvalue weighted by Crippen LogP contribution is -2.22. The van der Waals surface area contributed by atoms with Crippen LogP contribution >= 0.6 is 0 Å². The Balaban J connectivity index is 1.69. The lowest BCUT2D eigenvalue weighted by molar-refractivity contribution is 0.0955. The van der Waals surface area contributed by atoms with Crippen LogP contribution in [0, 0.1) is 0 Å². The first-order valence-electron chi connectivity index (χ1n) is 7.45. The Kier molecular flexibility index (Phi) is 3.13. The highest BCUT2D eigenvalue weighted by molar-refractivity contribution is 6.59. The summed E-state index contributed by atoms with van der Waals surface area (Å²) in [6.45, 7) is 0. The third-order valence-electron chi connectivity index (χ3n) is 4.06. The third-order valence-corrected chi connectivity index (χ3v) is 4.06. The molecule has 5 heteroatoms. The summed E-state index contributed by atoms with van der Waals surface area (Å²) in [5.74, 6) is -0.571. The van der Waals surface area contributed by atoms with Gasteiger partial charge in [-0.1, -0.05) is 36.4 Å². The lowest BCUT2D eigenvalue weighted by Gasteiger charge is -2.02. The van der Waals surface area contributed by atoms with E-state index in [2.05, 4.69) is 10.5 Å². The zero-order chi connectivity index (χ0) is 16.7. The van der Waals surface area contributed by atoms with Gasteiger partial charge in [-0.05, 0) is 29.7 Å². The van der Waals surface area contributed by atoms with Gasteiger partial charge >= 0.3 is 0 Å². The Morgan fingerprint density at radius 1 is 0.917 bits per heavy atom. The molecule has 0 saturated carbocycles. The van der Waals surface area contributed by atoms with E-state index in [4.69, 9.17) is 5.73 Å². The van der Waals surface area contributed by atoms with Crippen LogP contribution in [0.4, 0.5) is 5.69 Å². The van der Waals surface area contributed by atoms with Crippen molar-refractivity contribution in [3.05, 3.63) is 77.4 Å². The molecule has 0 unspecified atom stereocenters. The number of hydrazone groups is 1. The number of nitrogens with two attached hydrogens (primary N) is 1. The second kappa shape index (κ2) is 5.31. The van der Waals surface area contributed by atoms with Crippen LogP contribution in [0.1, 0.15) is 26.3 Å². The third kappa shape index (κ3) is 2.14. The number of carbonyl (C=O) groups is 2. The average molecular weight is 315 g/mol. The molecule has 0 atom stereocenters. The second-order valence-corrected chi connectivity index (χ2v) is 5.56. The Morgan fingerprint density at radius 3 is 2.29 bits per heavy atom. The van der Waals surface area contributed by atoms with E-state index >= 15 is 0 Å². The summed E-state index contributed by atoms with van der Waals surface area (Å²) < 4.78 is 0. The number of nitrogen functional groups attached to an aromatic ring is 1. The van der Waals surface area contributed by atoms with E-state index in [-0.39, 0.29) is 11.5 Å². The minimum atomic E-state index is -0.390. The molecule has 0 radical (unpaired) electrons. The normalized spacial score (nSPS) is 14.3. The van der Waals surface area contributed by atoms with E-state index in [1.807, 2.05) is 30.3 Å². The van der Waals surface area contributed by atoms with Crippen LogP contribution in [-0.4, -0.2) is 17.4 Å². The Morgan fingerprint density at radius 2 is 1.58 bits per heavy atom. The quantitative estimate of drug-likeness (QED) is 0.563. The van der Waals surface area contributed by atoms with E-state index in [1.165, 1.54) is 0 Å². The fourth-order valence-electron chi connectivity index (χ4n) is 2.89. The van der Waals surface area contributed by atoms with Gasteiger partial charge in [-0.15, -0.1) is 0 Å². The summed E-state index contributed by atoms with van der Waals surface area (Å²) >= 11 is 0. The van der Waals surface area contributed by atoms with Crippen LogP contribution in [0.2, 0.25) is 0 Å². The van der Waals surface area contributed by atoms with Gasteiger partial charge < -0.3 is 5.73 Å². The highest BCUT2D eigenvalue weighted by Gasteiger charge is 2.28. The molecular weight excluding hydrogens is 302 g/mol. The van der Waals surface area contributed by atoms with Crippen LogP contribution in [0.3, 0.4) is 0 Å². The maximum Gasteiger partial charge on any atom is 0.271 e. The van der Waals surface area contributed by atoms with Gasteiger partial charge in [-0.25, -0.2) is 5.43 Å². The largest absolute Gasteiger partial charge is 0.399 e. The topological polar surface area (TPSA) is 84.6 Å². The lowest BCUT2D eigenvalue weighted by atomic mass is 10.1. The molecule has 0 saturated heterocycles. The van der Waals surface area contributed by atoms with Crippen molar-refractivity contribution in [2.24, 2.45) is 5.10 Å². The predicted molar refractivity (Wildman–Crippen MR) is 93.1 cm³/mol. The van der Waals surface area contributed by atoms with Crippen molar-refractivity contribution in [1.29, 1.82) is 0 Å². The number of amides is 1. The number of benzene rings is 3. The van der Waals surface area contributed by atoms with Crippen molar-refractivity contribution in [3.8, 4) is 0 Å². The van der Waals surface area contributed by atoms with Gasteiger partial charge in [0.2, 0.25) is 5.78 Å². The van der Waals surface area contributed by atoms with Crippen molar-refractivity contribution in [2.45, 2.75) is 0 Å². The predicted octanol–water partition coefficient (Wildman–Crippen LogP) is 2.75. The number of nitrogens with one attached hydrogen (secondary N) is 1. The van der Waals surface area contributed by atoms with Gasteiger partial charge in [0, 0.05) is 27.8 Å². The molecule has 1 aliphatic carbocycles. The first-order chi connectivity index (χ1) is 11.6. The molecule has 0 bridgehead atoms. The van der Waals surface area contributed by atoms with E-state index in [0.29, 0.717) is 16.8 Å². The number of nitrogens with zero attached hydrogens (tertiary/aromatic N) is 1. The Bertz CT molecular complexity index is 1020. The average Bonchev–Trinajstić information content (AvgIpc) is 2.88. The number of carbonyl (C=O) groups excluding carboxylic acids is 2. The summed E-state index contributed by atoms with van der Waals surface area (Å²) in [6.07, 6.45) is 0. The molecule has 116 valence electrons. The Hall–Kier alpha value is -3.47. The number of Topliss-reactive ketones (excluding diaryl/α,β-unsaturated/α-hetero) is 1. The minimum Gasteiger partial charge on any atom is -0.399 e. The zero-order valence-electron chi connectivity index (χ0n) is 12.6. The molecule has 0 heterocycles. The summed E-state index contributed by atoms with van der Waals surface area (Å²) in [7, 11) is 0. The maximum absolute atomic E-state index is 12.6. The highest BCUT2D eigenvalue weighted by atomic mass is 16.2. The highest BCUT2D eigenvalue weighted by Crippen LogP contribution is 2.30. The van der Waals surface area contributed by atoms with E-state index in [0.717, 1.165) is 16.3 Å². The molecule has 0 fully saturated rings. The monoisotopic (exact) mass is 315 g/mol.